The molecular weight excluding hydrogens is 237 g/mol. The molecule has 17 heavy (non-hydrogen) atoms. The number of hydrogen-bond acceptors (Lipinski definition) is 1. The van der Waals surface area contributed by atoms with Gasteiger partial charge >= 0.3 is 0 Å². The molecule has 1 saturated carbocycles. The third kappa shape index (κ3) is 2.61. The van der Waals surface area contributed by atoms with E-state index in [4.69, 9.17) is 16.9 Å². The lowest BCUT2D eigenvalue weighted by Gasteiger charge is -2.26. The van der Waals surface area contributed by atoms with Gasteiger partial charge in [0.15, 0.2) is 0 Å². The van der Waals surface area contributed by atoms with Crippen LogP contribution in [0.3, 0.4) is 0 Å². The van der Waals surface area contributed by atoms with Crippen molar-refractivity contribution in [2.24, 2.45) is 5.92 Å². The van der Waals surface area contributed by atoms with Crippen LogP contribution in [-0.2, 0) is 0 Å². The van der Waals surface area contributed by atoms with Crippen LogP contribution < -0.4 is 0 Å². The van der Waals surface area contributed by atoms with Crippen LogP contribution in [0.4, 0.5) is 4.39 Å². The van der Waals surface area contributed by atoms with Gasteiger partial charge in [0, 0.05) is 0 Å². The lowest BCUT2D eigenvalue weighted by atomic mass is 9.79. The smallest absolute Gasteiger partial charge is 0.142 e. The van der Waals surface area contributed by atoms with Crippen molar-refractivity contribution in [3.05, 3.63) is 34.1 Å². The Labute approximate surface area is 106 Å². The highest BCUT2D eigenvalue weighted by Gasteiger charge is 2.21. The van der Waals surface area contributed by atoms with Crippen LogP contribution in [0.5, 0.6) is 0 Å². The van der Waals surface area contributed by atoms with Crippen LogP contribution in [0.15, 0.2) is 12.1 Å². The normalized spacial score (nSPS) is 24.4. The van der Waals surface area contributed by atoms with Crippen LogP contribution in [0.25, 0.3) is 0 Å². The molecule has 90 valence electrons. The van der Waals surface area contributed by atoms with Crippen molar-refractivity contribution < 1.29 is 4.39 Å². The average molecular weight is 252 g/mol. The quantitative estimate of drug-likeness (QED) is 0.713. The predicted octanol–water partition coefficient (Wildman–Crippen LogP) is 4.64. The van der Waals surface area contributed by atoms with Crippen LogP contribution >= 0.6 is 11.6 Å². The summed E-state index contributed by atoms with van der Waals surface area (Å²) in [7, 11) is 0. The SMILES string of the molecule is C[C@H]1CC[C@H](c2cc(F)c(C#N)c(Cl)c2)CC1. The molecule has 1 aliphatic rings. The van der Waals surface area contributed by atoms with E-state index in [0.717, 1.165) is 24.3 Å². The molecule has 0 amide bonds. The predicted molar refractivity (Wildman–Crippen MR) is 66.5 cm³/mol. The number of halogens is 2. The summed E-state index contributed by atoms with van der Waals surface area (Å²) < 4.78 is 13.6. The first-order valence-electron chi connectivity index (χ1n) is 6.01. The van der Waals surface area contributed by atoms with Gasteiger partial charge in [0.2, 0.25) is 0 Å². The van der Waals surface area contributed by atoms with E-state index in [0.29, 0.717) is 5.92 Å². The highest BCUT2D eigenvalue weighted by Crippen LogP contribution is 2.37. The van der Waals surface area contributed by atoms with E-state index in [1.165, 1.54) is 18.9 Å². The molecule has 1 aromatic carbocycles. The van der Waals surface area contributed by atoms with Crippen molar-refractivity contribution in [3.8, 4) is 6.07 Å². The van der Waals surface area contributed by atoms with Gasteiger partial charge in [-0.1, -0.05) is 31.4 Å². The van der Waals surface area contributed by atoms with Gasteiger partial charge in [0.25, 0.3) is 0 Å². The van der Waals surface area contributed by atoms with Crippen molar-refractivity contribution in [1.82, 2.24) is 0 Å². The molecule has 0 bridgehead atoms. The molecule has 0 saturated heterocycles. The Hall–Kier alpha value is -1.07. The van der Waals surface area contributed by atoms with Gasteiger partial charge in [-0.25, -0.2) is 4.39 Å². The van der Waals surface area contributed by atoms with Crippen LogP contribution in [0, 0.1) is 23.1 Å². The highest BCUT2D eigenvalue weighted by molar-refractivity contribution is 6.31. The second-order valence-electron chi connectivity index (χ2n) is 4.93. The molecule has 2 rings (SSSR count). The molecule has 0 radical (unpaired) electrons. The third-order valence-corrected chi connectivity index (χ3v) is 3.96. The zero-order valence-corrected chi connectivity index (χ0v) is 10.6. The minimum absolute atomic E-state index is 0.0420. The van der Waals surface area contributed by atoms with Crippen molar-refractivity contribution in [2.45, 2.75) is 38.5 Å². The van der Waals surface area contributed by atoms with Gasteiger partial charge in [-0.15, -0.1) is 0 Å². The van der Waals surface area contributed by atoms with E-state index in [1.807, 2.05) is 0 Å². The molecule has 0 N–H and O–H groups in total. The second kappa shape index (κ2) is 5.06. The number of rotatable bonds is 1. The largest absolute Gasteiger partial charge is 0.205 e. The number of benzene rings is 1. The molecule has 0 unspecified atom stereocenters. The van der Waals surface area contributed by atoms with E-state index in [-0.39, 0.29) is 10.6 Å². The molecular formula is C14H15ClFN. The van der Waals surface area contributed by atoms with Gasteiger partial charge in [0.1, 0.15) is 17.4 Å². The first-order chi connectivity index (χ1) is 8.11. The van der Waals surface area contributed by atoms with E-state index >= 15 is 0 Å². The fourth-order valence-corrected chi connectivity index (χ4v) is 2.79. The molecule has 0 atom stereocenters. The average Bonchev–Trinajstić information content (AvgIpc) is 2.29. The monoisotopic (exact) mass is 251 g/mol. The number of nitrogens with zero attached hydrogens (tertiary/aromatic N) is 1. The fraction of sp³-hybridized carbons (Fsp3) is 0.500. The Bertz CT molecular complexity index is 433. The van der Waals surface area contributed by atoms with E-state index in [1.54, 1.807) is 12.1 Å². The maximum atomic E-state index is 13.6. The lowest BCUT2D eigenvalue weighted by Crippen LogP contribution is -2.11. The van der Waals surface area contributed by atoms with E-state index in [2.05, 4.69) is 6.92 Å². The highest BCUT2D eigenvalue weighted by atomic mass is 35.5. The Morgan fingerprint density at radius 1 is 1.29 bits per heavy atom. The van der Waals surface area contributed by atoms with E-state index < -0.39 is 5.82 Å². The number of nitriles is 1. The maximum Gasteiger partial charge on any atom is 0.142 e. The Balaban J connectivity index is 2.26. The van der Waals surface area contributed by atoms with Crippen molar-refractivity contribution >= 4 is 11.6 Å². The molecule has 0 heterocycles. The van der Waals surface area contributed by atoms with E-state index in [9.17, 15) is 4.39 Å². The van der Waals surface area contributed by atoms with Gasteiger partial charge in [-0.2, -0.15) is 5.26 Å². The van der Waals surface area contributed by atoms with Crippen LogP contribution in [0.2, 0.25) is 5.02 Å². The summed E-state index contributed by atoms with van der Waals surface area (Å²) in [6.07, 6.45) is 4.54. The minimum Gasteiger partial charge on any atom is -0.205 e. The van der Waals surface area contributed by atoms with Gasteiger partial charge in [-0.05, 0) is 42.4 Å². The Kier molecular flexibility index (Phi) is 3.69. The molecule has 1 aliphatic carbocycles. The van der Waals surface area contributed by atoms with Crippen LogP contribution in [0.1, 0.15) is 49.7 Å². The number of hydrogen-bond donors (Lipinski definition) is 0. The standard InChI is InChI=1S/C14H15ClFN/c1-9-2-4-10(5-3-9)11-6-13(15)12(8-17)14(16)7-11/h6-7,9-10H,2-5H2,1H3/t9-,10-. The summed E-state index contributed by atoms with van der Waals surface area (Å²) in [5, 5.41) is 9.00. The molecule has 1 aromatic rings. The maximum absolute atomic E-state index is 13.6. The minimum atomic E-state index is -0.492. The summed E-state index contributed by atoms with van der Waals surface area (Å²) in [5.74, 6) is 0.671. The third-order valence-electron chi connectivity index (χ3n) is 3.66. The molecule has 0 aliphatic heterocycles. The Morgan fingerprint density at radius 3 is 2.47 bits per heavy atom. The molecule has 0 aromatic heterocycles. The summed E-state index contributed by atoms with van der Waals surface area (Å²) in [6.45, 7) is 2.25. The van der Waals surface area contributed by atoms with Gasteiger partial charge in [0.05, 0.1) is 5.02 Å². The van der Waals surface area contributed by atoms with Crippen LogP contribution in [-0.4, -0.2) is 0 Å². The first-order valence-corrected chi connectivity index (χ1v) is 6.38. The van der Waals surface area contributed by atoms with Crippen molar-refractivity contribution in [3.63, 3.8) is 0 Å². The fourth-order valence-electron chi connectivity index (χ4n) is 2.53. The van der Waals surface area contributed by atoms with Gasteiger partial charge < -0.3 is 0 Å². The topological polar surface area (TPSA) is 23.8 Å². The van der Waals surface area contributed by atoms with Crippen molar-refractivity contribution in [2.75, 3.05) is 0 Å². The zero-order valence-electron chi connectivity index (χ0n) is 9.84. The van der Waals surface area contributed by atoms with Crippen molar-refractivity contribution in [1.29, 1.82) is 5.26 Å². The Morgan fingerprint density at radius 2 is 1.94 bits per heavy atom. The molecule has 0 spiro atoms. The molecule has 1 fully saturated rings. The zero-order chi connectivity index (χ0) is 12.4. The molecule has 1 nitrogen and oxygen atoms in total. The summed E-state index contributed by atoms with van der Waals surface area (Å²) in [5.41, 5.74) is 0.901. The lowest BCUT2D eigenvalue weighted by molar-refractivity contribution is 0.347. The summed E-state index contributed by atoms with van der Waals surface area (Å²) in [4.78, 5) is 0. The van der Waals surface area contributed by atoms with Gasteiger partial charge in [-0.3, -0.25) is 0 Å². The summed E-state index contributed by atoms with van der Waals surface area (Å²) in [6, 6.07) is 5.02. The summed E-state index contributed by atoms with van der Waals surface area (Å²) >= 11 is 5.92. The first kappa shape index (κ1) is 12.4. The second-order valence-corrected chi connectivity index (χ2v) is 5.34. The molecule has 3 heteroatoms.